The van der Waals surface area contributed by atoms with E-state index >= 15 is 0 Å². The highest BCUT2D eigenvalue weighted by molar-refractivity contribution is 6.00. The molecule has 1 aliphatic rings. The molecule has 3 rings (SSSR count). The number of anilines is 1. The topological polar surface area (TPSA) is 38.3 Å². The smallest absolute Gasteiger partial charge is 0.235 e. The minimum absolute atomic E-state index is 0.180. The van der Waals surface area contributed by atoms with E-state index in [-0.39, 0.29) is 17.5 Å². The van der Waals surface area contributed by atoms with Gasteiger partial charge in [-0.25, -0.2) is 8.78 Å². The molecule has 0 radical (unpaired) electrons. The van der Waals surface area contributed by atoms with Crippen LogP contribution in [0, 0.1) is 11.6 Å². The molecule has 1 N–H and O–H groups in total. The zero-order valence-electron chi connectivity index (χ0n) is 12.7. The first kappa shape index (κ1) is 15.5. The van der Waals surface area contributed by atoms with Crippen LogP contribution < -0.4 is 10.1 Å². The van der Waals surface area contributed by atoms with Crippen molar-refractivity contribution in [3.8, 4) is 5.75 Å². The Morgan fingerprint density at radius 1 is 1.09 bits per heavy atom. The summed E-state index contributed by atoms with van der Waals surface area (Å²) in [7, 11) is 1.42. The van der Waals surface area contributed by atoms with Gasteiger partial charge in [0.2, 0.25) is 5.91 Å². The van der Waals surface area contributed by atoms with E-state index in [2.05, 4.69) is 5.32 Å². The van der Waals surface area contributed by atoms with E-state index in [9.17, 15) is 13.6 Å². The second-order valence-electron chi connectivity index (χ2n) is 5.74. The summed E-state index contributed by atoms with van der Waals surface area (Å²) in [6, 6.07) is 9.99. The molecule has 23 heavy (non-hydrogen) atoms. The van der Waals surface area contributed by atoms with Crippen LogP contribution >= 0.6 is 0 Å². The lowest BCUT2D eigenvalue weighted by atomic mass is 9.64. The van der Waals surface area contributed by atoms with E-state index < -0.39 is 11.2 Å². The Balaban J connectivity index is 1.88. The van der Waals surface area contributed by atoms with Crippen LogP contribution in [-0.4, -0.2) is 13.0 Å². The molecule has 2 aromatic carbocycles. The third-order valence-corrected chi connectivity index (χ3v) is 4.45. The Kier molecular flexibility index (Phi) is 4.03. The predicted octanol–water partition coefficient (Wildman–Crippen LogP) is 4.03. The predicted molar refractivity (Wildman–Crippen MR) is 83.5 cm³/mol. The highest BCUT2D eigenvalue weighted by Crippen LogP contribution is 2.45. The van der Waals surface area contributed by atoms with E-state index in [0.29, 0.717) is 18.5 Å². The van der Waals surface area contributed by atoms with E-state index in [4.69, 9.17) is 4.74 Å². The van der Waals surface area contributed by atoms with Crippen molar-refractivity contribution < 1.29 is 18.3 Å². The number of rotatable bonds is 4. The Morgan fingerprint density at radius 3 is 2.30 bits per heavy atom. The zero-order valence-corrected chi connectivity index (χ0v) is 12.7. The van der Waals surface area contributed by atoms with Gasteiger partial charge in [0.25, 0.3) is 0 Å². The van der Waals surface area contributed by atoms with Gasteiger partial charge in [0.15, 0.2) is 0 Å². The molecule has 0 heterocycles. The minimum atomic E-state index is -0.660. The van der Waals surface area contributed by atoms with Gasteiger partial charge in [0.1, 0.15) is 17.4 Å². The standard InChI is InChI=1S/C18H17F2NO2/c1-23-16-11-14(20)7-8-15(16)21-17(22)18(9-2-10-18)12-3-5-13(19)6-4-12/h3-8,11H,2,9-10H2,1H3,(H,21,22). The van der Waals surface area contributed by atoms with Crippen LogP contribution in [0.4, 0.5) is 14.5 Å². The van der Waals surface area contributed by atoms with E-state index in [1.165, 1.54) is 37.4 Å². The first-order chi connectivity index (χ1) is 11.0. The Morgan fingerprint density at radius 2 is 1.74 bits per heavy atom. The van der Waals surface area contributed by atoms with Gasteiger partial charge in [-0.05, 0) is 42.7 Å². The number of halogens is 2. The molecule has 0 atom stereocenters. The van der Waals surface area contributed by atoms with Crippen molar-refractivity contribution in [3.63, 3.8) is 0 Å². The molecule has 2 aromatic rings. The van der Waals surface area contributed by atoms with Gasteiger partial charge >= 0.3 is 0 Å². The van der Waals surface area contributed by atoms with Crippen LogP contribution in [0.2, 0.25) is 0 Å². The van der Waals surface area contributed by atoms with Crippen molar-refractivity contribution in [1.29, 1.82) is 0 Å². The summed E-state index contributed by atoms with van der Waals surface area (Å²) in [5.74, 6) is -0.673. The van der Waals surface area contributed by atoms with Gasteiger partial charge in [-0.2, -0.15) is 0 Å². The lowest BCUT2D eigenvalue weighted by molar-refractivity contribution is -0.124. The Hall–Kier alpha value is -2.43. The largest absolute Gasteiger partial charge is 0.494 e. The molecule has 5 heteroatoms. The maximum Gasteiger partial charge on any atom is 0.235 e. The fraction of sp³-hybridized carbons (Fsp3) is 0.278. The number of methoxy groups -OCH3 is 1. The van der Waals surface area contributed by atoms with Crippen LogP contribution in [0.3, 0.4) is 0 Å². The molecule has 3 nitrogen and oxygen atoms in total. The number of hydrogen-bond acceptors (Lipinski definition) is 2. The zero-order chi connectivity index (χ0) is 16.4. The van der Waals surface area contributed by atoms with Gasteiger partial charge < -0.3 is 10.1 Å². The number of carbonyl (C=O) groups excluding carboxylic acids is 1. The molecule has 0 aliphatic heterocycles. The van der Waals surface area contributed by atoms with Crippen molar-refractivity contribution in [2.45, 2.75) is 24.7 Å². The summed E-state index contributed by atoms with van der Waals surface area (Å²) in [6.07, 6.45) is 2.34. The number of amides is 1. The molecule has 0 aromatic heterocycles. The summed E-state index contributed by atoms with van der Waals surface area (Å²) in [5.41, 5.74) is 0.559. The van der Waals surface area contributed by atoms with Gasteiger partial charge in [-0.15, -0.1) is 0 Å². The molecule has 0 saturated heterocycles. The molecule has 1 amide bonds. The molecule has 0 unspecified atom stereocenters. The van der Waals surface area contributed by atoms with E-state index in [1.807, 2.05) is 0 Å². The minimum Gasteiger partial charge on any atom is -0.494 e. The SMILES string of the molecule is COc1cc(F)ccc1NC(=O)C1(c2ccc(F)cc2)CCC1. The summed E-state index contributed by atoms with van der Waals surface area (Å²) in [4.78, 5) is 12.8. The first-order valence-corrected chi connectivity index (χ1v) is 7.46. The molecule has 1 fully saturated rings. The maximum absolute atomic E-state index is 13.3. The van der Waals surface area contributed by atoms with Crippen molar-refractivity contribution in [3.05, 3.63) is 59.7 Å². The summed E-state index contributed by atoms with van der Waals surface area (Å²) in [6.45, 7) is 0. The normalized spacial score (nSPS) is 15.6. The van der Waals surface area contributed by atoms with Crippen LogP contribution in [0.1, 0.15) is 24.8 Å². The van der Waals surface area contributed by atoms with Crippen LogP contribution in [-0.2, 0) is 10.2 Å². The first-order valence-electron chi connectivity index (χ1n) is 7.46. The number of carbonyl (C=O) groups is 1. The third kappa shape index (κ3) is 2.79. The fourth-order valence-corrected chi connectivity index (χ4v) is 2.96. The van der Waals surface area contributed by atoms with Gasteiger partial charge in [-0.1, -0.05) is 18.6 Å². The highest BCUT2D eigenvalue weighted by atomic mass is 19.1. The summed E-state index contributed by atoms with van der Waals surface area (Å²) < 4.78 is 31.5. The van der Waals surface area contributed by atoms with Gasteiger partial charge in [0.05, 0.1) is 18.2 Å². The molecule has 120 valence electrons. The molecule has 0 bridgehead atoms. The Labute approximate surface area is 133 Å². The lowest BCUT2D eigenvalue weighted by Crippen LogP contribution is -2.46. The van der Waals surface area contributed by atoms with Gasteiger partial charge in [-0.3, -0.25) is 4.79 Å². The van der Waals surface area contributed by atoms with E-state index in [0.717, 1.165) is 12.0 Å². The summed E-state index contributed by atoms with van der Waals surface area (Å²) >= 11 is 0. The monoisotopic (exact) mass is 317 g/mol. The third-order valence-electron chi connectivity index (χ3n) is 4.45. The summed E-state index contributed by atoms with van der Waals surface area (Å²) in [5, 5.41) is 2.82. The average molecular weight is 317 g/mol. The second kappa shape index (κ2) is 5.99. The number of benzene rings is 2. The molecular formula is C18H17F2NO2. The maximum atomic E-state index is 13.3. The van der Waals surface area contributed by atoms with Crippen molar-refractivity contribution >= 4 is 11.6 Å². The number of nitrogens with one attached hydrogen (secondary N) is 1. The molecule has 1 saturated carbocycles. The van der Waals surface area contributed by atoms with Crippen LogP contribution in [0.25, 0.3) is 0 Å². The quantitative estimate of drug-likeness (QED) is 0.924. The fourth-order valence-electron chi connectivity index (χ4n) is 2.96. The second-order valence-corrected chi connectivity index (χ2v) is 5.74. The van der Waals surface area contributed by atoms with E-state index in [1.54, 1.807) is 12.1 Å². The van der Waals surface area contributed by atoms with Crippen LogP contribution in [0.5, 0.6) is 5.75 Å². The molecular weight excluding hydrogens is 300 g/mol. The average Bonchev–Trinajstić information content (AvgIpc) is 2.50. The van der Waals surface area contributed by atoms with Crippen molar-refractivity contribution in [1.82, 2.24) is 0 Å². The number of ether oxygens (including phenoxy) is 1. The van der Waals surface area contributed by atoms with Crippen molar-refractivity contribution in [2.24, 2.45) is 0 Å². The molecule has 1 aliphatic carbocycles. The lowest BCUT2D eigenvalue weighted by Gasteiger charge is -2.40. The Bertz CT molecular complexity index is 724. The van der Waals surface area contributed by atoms with Gasteiger partial charge in [0, 0.05) is 6.07 Å². The molecule has 0 spiro atoms. The van der Waals surface area contributed by atoms with Crippen LogP contribution in [0.15, 0.2) is 42.5 Å². The highest BCUT2D eigenvalue weighted by Gasteiger charge is 2.45. The number of hydrogen-bond donors (Lipinski definition) is 1. The van der Waals surface area contributed by atoms with Crippen molar-refractivity contribution in [2.75, 3.05) is 12.4 Å².